The average Bonchev–Trinajstić information content (AvgIpc) is 2.91. The van der Waals surface area contributed by atoms with Gasteiger partial charge in [-0.2, -0.15) is 0 Å². The molecule has 2 N–H and O–H groups in total. The van der Waals surface area contributed by atoms with E-state index in [-0.39, 0.29) is 30.5 Å². The van der Waals surface area contributed by atoms with E-state index in [0.29, 0.717) is 20.5 Å². The predicted molar refractivity (Wildman–Crippen MR) is 120 cm³/mol. The van der Waals surface area contributed by atoms with E-state index in [0.717, 1.165) is 21.8 Å². The van der Waals surface area contributed by atoms with Crippen LogP contribution in [0.3, 0.4) is 0 Å². The normalized spacial score (nSPS) is 15.4. The number of anilines is 1. The summed E-state index contributed by atoms with van der Waals surface area (Å²) in [6, 6.07) is 12.5. The third kappa shape index (κ3) is 5.01. The average molecular weight is 477 g/mol. The van der Waals surface area contributed by atoms with Crippen LogP contribution in [0.1, 0.15) is 17.5 Å². The van der Waals surface area contributed by atoms with Gasteiger partial charge in [-0.25, -0.2) is 0 Å². The molecule has 0 spiro atoms. The Morgan fingerprint density at radius 3 is 2.71 bits per heavy atom. The van der Waals surface area contributed by atoms with E-state index in [1.165, 1.54) is 4.90 Å². The molecule has 1 heterocycles. The SMILES string of the molecule is Cc1ccc(NC(=O)CCN2C(=O)/C(=C/c3cc(Br)ccc3O)SC2=S)cc1. The number of aromatic hydroxyl groups is 1. The first-order valence-corrected chi connectivity index (χ1v) is 10.5. The lowest BCUT2D eigenvalue weighted by molar-refractivity contribution is -0.122. The third-order valence-electron chi connectivity index (χ3n) is 4.05. The Morgan fingerprint density at radius 2 is 2.00 bits per heavy atom. The van der Waals surface area contributed by atoms with Crippen LogP contribution in [0.15, 0.2) is 51.8 Å². The number of nitrogens with one attached hydrogen (secondary N) is 1. The molecule has 3 rings (SSSR count). The summed E-state index contributed by atoms with van der Waals surface area (Å²) in [6.45, 7) is 2.17. The Labute approximate surface area is 180 Å². The summed E-state index contributed by atoms with van der Waals surface area (Å²) in [4.78, 5) is 26.6. The summed E-state index contributed by atoms with van der Waals surface area (Å²) in [5.74, 6) is -0.380. The van der Waals surface area contributed by atoms with Gasteiger partial charge in [0.2, 0.25) is 5.91 Å². The van der Waals surface area contributed by atoms with Crippen LogP contribution in [0, 0.1) is 6.92 Å². The molecule has 2 aromatic rings. The Balaban J connectivity index is 1.63. The van der Waals surface area contributed by atoms with Gasteiger partial charge >= 0.3 is 0 Å². The number of halogens is 1. The van der Waals surface area contributed by atoms with Crippen molar-refractivity contribution < 1.29 is 14.7 Å². The van der Waals surface area contributed by atoms with E-state index in [4.69, 9.17) is 12.2 Å². The van der Waals surface area contributed by atoms with Gasteiger partial charge in [0.1, 0.15) is 10.1 Å². The van der Waals surface area contributed by atoms with Crippen molar-refractivity contribution in [3.05, 3.63) is 63.0 Å². The molecule has 0 radical (unpaired) electrons. The second-order valence-corrected chi connectivity index (χ2v) is 8.79. The largest absolute Gasteiger partial charge is 0.507 e. The zero-order valence-electron chi connectivity index (χ0n) is 14.9. The molecule has 0 atom stereocenters. The van der Waals surface area contributed by atoms with Gasteiger partial charge in [0.25, 0.3) is 5.91 Å². The monoisotopic (exact) mass is 476 g/mol. The number of benzene rings is 2. The number of amides is 2. The molecule has 0 bridgehead atoms. The van der Waals surface area contributed by atoms with E-state index in [2.05, 4.69) is 21.2 Å². The molecule has 28 heavy (non-hydrogen) atoms. The first kappa shape index (κ1) is 20.6. The number of phenols is 1. The molecule has 0 aromatic heterocycles. The fourth-order valence-electron chi connectivity index (χ4n) is 2.55. The minimum atomic E-state index is -0.266. The molecule has 0 unspecified atom stereocenters. The van der Waals surface area contributed by atoms with Crippen LogP contribution < -0.4 is 5.32 Å². The molecule has 2 aromatic carbocycles. The van der Waals surface area contributed by atoms with Crippen molar-refractivity contribution in [2.45, 2.75) is 13.3 Å². The summed E-state index contributed by atoms with van der Waals surface area (Å²) >= 11 is 9.79. The van der Waals surface area contributed by atoms with Gasteiger partial charge in [0.15, 0.2) is 0 Å². The second-order valence-electron chi connectivity index (χ2n) is 6.20. The van der Waals surface area contributed by atoms with Crippen molar-refractivity contribution in [2.75, 3.05) is 11.9 Å². The van der Waals surface area contributed by atoms with Crippen LogP contribution in [-0.2, 0) is 9.59 Å². The smallest absolute Gasteiger partial charge is 0.266 e. The molecule has 1 aliphatic heterocycles. The minimum absolute atomic E-state index is 0.0749. The Kier molecular flexibility index (Phi) is 6.53. The molecular weight excluding hydrogens is 460 g/mol. The van der Waals surface area contributed by atoms with Gasteiger partial charge in [-0.3, -0.25) is 14.5 Å². The van der Waals surface area contributed by atoms with Crippen molar-refractivity contribution in [3.8, 4) is 5.75 Å². The van der Waals surface area contributed by atoms with Gasteiger partial charge in [-0.05, 0) is 43.3 Å². The van der Waals surface area contributed by atoms with Gasteiger partial charge in [-0.1, -0.05) is 57.6 Å². The van der Waals surface area contributed by atoms with Crippen LogP contribution in [0.4, 0.5) is 5.69 Å². The fourth-order valence-corrected chi connectivity index (χ4v) is 4.23. The van der Waals surface area contributed by atoms with Crippen molar-refractivity contribution in [1.82, 2.24) is 4.90 Å². The van der Waals surface area contributed by atoms with Gasteiger partial charge < -0.3 is 10.4 Å². The highest BCUT2D eigenvalue weighted by Crippen LogP contribution is 2.34. The maximum absolute atomic E-state index is 12.6. The third-order valence-corrected chi connectivity index (χ3v) is 5.92. The lowest BCUT2D eigenvalue weighted by Crippen LogP contribution is -2.31. The first-order chi connectivity index (χ1) is 13.3. The molecule has 1 saturated heterocycles. The number of hydrogen-bond donors (Lipinski definition) is 2. The Hall–Kier alpha value is -2.16. The fraction of sp³-hybridized carbons (Fsp3) is 0.150. The van der Waals surface area contributed by atoms with Crippen molar-refractivity contribution in [3.63, 3.8) is 0 Å². The molecule has 144 valence electrons. The number of rotatable bonds is 5. The number of thioether (sulfide) groups is 1. The number of aryl methyl sites for hydroxylation is 1. The molecule has 5 nitrogen and oxygen atoms in total. The zero-order chi connectivity index (χ0) is 20.3. The summed E-state index contributed by atoms with van der Waals surface area (Å²) in [5.41, 5.74) is 2.34. The molecule has 2 amide bonds. The van der Waals surface area contributed by atoms with Crippen molar-refractivity contribution >= 4 is 67.8 Å². The topological polar surface area (TPSA) is 69.6 Å². The van der Waals surface area contributed by atoms with E-state index >= 15 is 0 Å². The van der Waals surface area contributed by atoms with Gasteiger partial charge in [0.05, 0.1) is 4.91 Å². The second kappa shape index (κ2) is 8.89. The van der Waals surface area contributed by atoms with E-state index in [9.17, 15) is 14.7 Å². The van der Waals surface area contributed by atoms with E-state index in [1.54, 1.807) is 24.3 Å². The predicted octanol–water partition coefficient (Wildman–Crippen LogP) is 4.69. The van der Waals surface area contributed by atoms with Crippen LogP contribution in [0.2, 0.25) is 0 Å². The number of thiocarbonyl (C=S) groups is 1. The van der Waals surface area contributed by atoms with Crippen molar-refractivity contribution in [2.24, 2.45) is 0 Å². The number of carbonyl (C=O) groups excluding carboxylic acids is 2. The molecule has 1 fully saturated rings. The van der Waals surface area contributed by atoms with Crippen molar-refractivity contribution in [1.29, 1.82) is 0 Å². The highest BCUT2D eigenvalue weighted by Gasteiger charge is 2.32. The molecule has 0 saturated carbocycles. The number of hydrogen-bond acceptors (Lipinski definition) is 5. The number of nitrogens with zero attached hydrogens (tertiary/aromatic N) is 1. The van der Waals surface area contributed by atoms with Gasteiger partial charge in [0, 0.05) is 28.7 Å². The number of phenolic OH excluding ortho intramolecular Hbond substituents is 1. The zero-order valence-corrected chi connectivity index (χ0v) is 18.2. The summed E-state index contributed by atoms with van der Waals surface area (Å²) in [6.07, 6.45) is 1.74. The maximum Gasteiger partial charge on any atom is 0.266 e. The number of carbonyl (C=O) groups is 2. The first-order valence-electron chi connectivity index (χ1n) is 8.44. The summed E-state index contributed by atoms with van der Waals surface area (Å²) < 4.78 is 1.19. The highest BCUT2D eigenvalue weighted by molar-refractivity contribution is 9.10. The molecule has 8 heteroatoms. The Morgan fingerprint density at radius 1 is 1.29 bits per heavy atom. The lowest BCUT2D eigenvalue weighted by Gasteiger charge is -2.14. The van der Waals surface area contributed by atoms with Crippen LogP contribution in [0.5, 0.6) is 5.75 Å². The lowest BCUT2D eigenvalue weighted by atomic mass is 10.2. The summed E-state index contributed by atoms with van der Waals surface area (Å²) in [5, 5.41) is 12.8. The van der Waals surface area contributed by atoms with E-state index in [1.807, 2.05) is 31.2 Å². The summed E-state index contributed by atoms with van der Waals surface area (Å²) in [7, 11) is 0. The standard InChI is InChI=1S/C20H17BrN2O3S2/c1-12-2-5-15(6-3-12)22-18(25)8-9-23-19(26)17(28-20(23)27)11-13-10-14(21)4-7-16(13)24/h2-7,10-11,24H,8-9H2,1H3,(H,22,25)/b17-11-. The van der Waals surface area contributed by atoms with Crippen LogP contribution in [-0.4, -0.2) is 32.7 Å². The van der Waals surface area contributed by atoms with E-state index < -0.39 is 0 Å². The minimum Gasteiger partial charge on any atom is -0.507 e. The molecule has 1 aliphatic rings. The maximum atomic E-state index is 12.6. The molecule has 0 aliphatic carbocycles. The Bertz CT molecular complexity index is 974. The quantitative estimate of drug-likeness (QED) is 0.483. The van der Waals surface area contributed by atoms with Crippen LogP contribution >= 0.6 is 39.9 Å². The molecular formula is C20H17BrN2O3S2. The van der Waals surface area contributed by atoms with Gasteiger partial charge in [-0.15, -0.1) is 0 Å². The van der Waals surface area contributed by atoms with Crippen LogP contribution in [0.25, 0.3) is 6.08 Å². The highest BCUT2D eigenvalue weighted by atomic mass is 79.9.